The molecule has 1 saturated carbocycles. The van der Waals surface area contributed by atoms with Gasteiger partial charge in [0.05, 0.1) is 12.4 Å². The minimum absolute atomic E-state index is 0.160. The third-order valence-electron chi connectivity index (χ3n) is 3.40. The van der Waals surface area contributed by atoms with Gasteiger partial charge in [-0.2, -0.15) is 0 Å². The van der Waals surface area contributed by atoms with Gasteiger partial charge in [-0.15, -0.1) is 0 Å². The second-order valence-corrected chi connectivity index (χ2v) is 4.93. The average Bonchev–Trinajstić information content (AvgIpc) is 3.29. The van der Waals surface area contributed by atoms with Gasteiger partial charge < -0.3 is 10.6 Å². The number of aromatic nitrogens is 2. The standard InChI is InChI=1S/C14H23N5O/c1-3-15-13-10-17-12(9-18-13)14(20)16-7-8-19(4-2)11-5-6-11/h9-11H,3-8H2,1-2H3,(H,15,18)(H,16,20). The van der Waals surface area contributed by atoms with E-state index in [-0.39, 0.29) is 5.91 Å². The highest BCUT2D eigenvalue weighted by Crippen LogP contribution is 2.25. The summed E-state index contributed by atoms with van der Waals surface area (Å²) < 4.78 is 0. The molecule has 0 bridgehead atoms. The Morgan fingerprint density at radius 2 is 2.15 bits per heavy atom. The Morgan fingerprint density at radius 3 is 2.70 bits per heavy atom. The molecular formula is C14H23N5O. The van der Waals surface area contributed by atoms with Gasteiger partial charge in [-0.3, -0.25) is 9.69 Å². The van der Waals surface area contributed by atoms with Crippen molar-refractivity contribution in [2.45, 2.75) is 32.7 Å². The molecule has 1 aliphatic rings. The van der Waals surface area contributed by atoms with Crippen LogP contribution in [0, 0.1) is 0 Å². The second-order valence-electron chi connectivity index (χ2n) is 4.93. The van der Waals surface area contributed by atoms with Gasteiger partial charge in [-0.05, 0) is 26.3 Å². The quantitative estimate of drug-likeness (QED) is 0.745. The molecule has 0 atom stereocenters. The molecule has 6 heteroatoms. The largest absolute Gasteiger partial charge is 0.369 e. The molecule has 1 amide bonds. The fourth-order valence-corrected chi connectivity index (χ4v) is 2.16. The highest BCUT2D eigenvalue weighted by molar-refractivity contribution is 5.91. The number of amides is 1. The highest BCUT2D eigenvalue weighted by Gasteiger charge is 2.27. The Kier molecular flexibility index (Phi) is 5.29. The van der Waals surface area contributed by atoms with E-state index in [0.29, 0.717) is 18.1 Å². The van der Waals surface area contributed by atoms with Crippen LogP contribution < -0.4 is 10.6 Å². The number of hydrogen-bond donors (Lipinski definition) is 2. The first-order valence-corrected chi connectivity index (χ1v) is 7.32. The molecule has 0 saturated heterocycles. The predicted octanol–water partition coefficient (Wildman–Crippen LogP) is 1.12. The fourth-order valence-electron chi connectivity index (χ4n) is 2.16. The number of carbonyl (C=O) groups is 1. The molecule has 110 valence electrons. The molecular weight excluding hydrogens is 254 g/mol. The topological polar surface area (TPSA) is 70.2 Å². The number of carbonyl (C=O) groups excluding carboxylic acids is 1. The van der Waals surface area contributed by atoms with Crippen LogP contribution in [0.1, 0.15) is 37.2 Å². The summed E-state index contributed by atoms with van der Waals surface area (Å²) >= 11 is 0. The Hall–Kier alpha value is -1.69. The van der Waals surface area contributed by atoms with Gasteiger partial charge in [0.25, 0.3) is 5.91 Å². The molecule has 1 aromatic heterocycles. The summed E-state index contributed by atoms with van der Waals surface area (Å²) in [7, 11) is 0. The summed E-state index contributed by atoms with van der Waals surface area (Å²) in [5.41, 5.74) is 0.362. The molecule has 0 aliphatic heterocycles. The van der Waals surface area contributed by atoms with Crippen LogP contribution in [0.3, 0.4) is 0 Å². The lowest BCUT2D eigenvalue weighted by molar-refractivity contribution is 0.0942. The van der Waals surface area contributed by atoms with E-state index in [9.17, 15) is 4.79 Å². The summed E-state index contributed by atoms with van der Waals surface area (Å²) in [5.74, 6) is 0.530. The SMILES string of the molecule is CCNc1cnc(C(=O)NCCN(CC)C2CC2)cn1. The summed E-state index contributed by atoms with van der Waals surface area (Å²) in [6, 6.07) is 0.732. The van der Waals surface area contributed by atoms with E-state index in [0.717, 1.165) is 25.7 Å². The molecule has 1 aliphatic carbocycles. The number of nitrogens with zero attached hydrogens (tertiary/aromatic N) is 3. The van der Waals surface area contributed by atoms with E-state index in [4.69, 9.17) is 0 Å². The van der Waals surface area contributed by atoms with Crippen molar-refractivity contribution in [3.05, 3.63) is 18.1 Å². The lowest BCUT2D eigenvalue weighted by Gasteiger charge is -2.19. The normalized spacial score (nSPS) is 14.3. The molecule has 0 aromatic carbocycles. The summed E-state index contributed by atoms with van der Waals surface area (Å²) in [4.78, 5) is 22.6. The first kappa shape index (κ1) is 14.7. The van der Waals surface area contributed by atoms with Gasteiger partial charge in [0.2, 0.25) is 0 Å². The van der Waals surface area contributed by atoms with Crippen molar-refractivity contribution in [2.24, 2.45) is 0 Å². The number of nitrogens with one attached hydrogen (secondary N) is 2. The van der Waals surface area contributed by atoms with Crippen molar-refractivity contribution in [1.82, 2.24) is 20.2 Å². The van der Waals surface area contributed by atoms with Crippen molar-refractivity contribution in [1.29, 1.82) is 0 Å². The van der Waals surface area contributed by atoms with Crippen LogP contribution in [0.4, 0.5) is 5.82 Å². The monoisotopic (exact) mass is 277 g/mol. The average molecular weight is 277 g/mol. The Bertz CT molecular complexity index is 430. The second kappa shape index (κ2) is 7.19. The molecule has 20 heavy (non-hydrogen) atoms. The van der Waals surface area contributed by atoms with Gasteiger partial charge >= 0.3 is 0 Å². The van der Waals surface area contributed by atoms with Gasteiger partial charge in [0, 0.05) is 25.7 Å². The minimum Gasteiger partial charge on any atom is -0.369 e. The molecule has 0 unspecified atom stereocenters. The van der Waals surface area contributed by atoms with Gasteiger partial charge in [-0.25, -0.2) is 9.97 Å². The lowest BCUT2D eigenvalue weighted by Crippen LogP contribution is -2.36. The van der Waals surface area contributed by atoms with E-state index >= 15 is 0 Å². The van der Waals surface area contributed by atoms with Crippen molar-refractivity contribution in [3.8, 4) is 0 Å². The van der Waals surface area contributed by atoms with Crippen LogP contribution in [0.5, 0.6) is 0 Å². The van der Waals surface area contributed by atoms with Crippen LogP contribution in [0.15, 0.2) is 12.4 Å². The maximum atomic E-state index is 11.9. The molecule has 1 aromatic rings. The van der Waals surface area contributed by atoms with Gasteiger partial charge in [-0.1, -0.05) is 6.92 Å². The molecule has 0 radical (unpaired) electrons. The van der Waals surface area contributed by atoms with Crippen molar-refractivity contribution in [2.75, 3.05) is 31.5 Å². The van der Waals surface area contributed by atoms with Gasteiger partial charge in [0.1, 0.15) is 11.5 Å². The van der Waals surface area contributed by atoms with Crippen LogP contribution in [-0.2, 0) is 0 Å². The third kappa shape index (κ3) is 4.16. The van der Waals surface area contributed by atoms with E-state index in [2.05, 4.69) is 32.4 Å². The minimum atomic E-state index is -0.160. The molecule has 2 rings (SSSR count). The first-order valence-electron chi connectivity index (χ1n) is 7.32. The summed E-state index contributed by atoms with van der Waals surface area (Å²) in [6.45, 7) is 7.52. The maximum Gasteiger partial charge on any atom is 0.271 e. The Morgan fingerprint density at radius 1 is 1.35 bits per heavy atom. The number of hydrogen-bond acceptors (Lipinski definition) is 5. The van der Waals surface area contributed by atoms with E-state index < -0.39 is 0 Å². The predicted molar refractivity (Wildman–Crippen MR) is 78.8 cm³/mol. The number of rotatable bonds is 8. The van der Waals surface area contributed by atoms with Crippen LogP contribution in [-0.4, -0.2) is 53.0 Å². The smallest absolute Gasteiger partial charge is 0.271 e. The Balaban J connectivity index is 1.76. The zero-order valence-corrected chi connectivity index (χ0v) is 12.2. The van der Waals surface area contributed by atoms with E-state index in [1.165, 1.54) is 19.0 Å². The third-order valence-corrected chi connectivity index (χ3v) is 3.40. The number of anilines is 1. The van der Waals surface area contributed by atoms with Crippen LogP contribution in [0.25, 0.3) is 0 Å². The molecule has 0 spiro atoms. The van der Waals surface area contributed by atoms with E-state index in [1.807, 2.05) is 6.92 Å². The molecule has 1 heterocycles. The van der Waals surface area contributed by atoms with Crippen molar-refractivity contribution in [3.63, 3.8) is 0 Å². The number of likely N-dealkylation sites (N-methyl/N-ethyl adjacent to an activating group) is 1. The zero-order valence-electron chi connectivity index (χ0n) is 12.2. The Labute approximate surface area is 120 Å². The fraction of sp³-hybridized carbons (Fsp3) is 0.643. The van der Waals surface area contributed by atoms with Crippen molar-refractivity contribution >= 4 is 11.7 Å². The first-order chi connectivity index (χ1) is 9.74. The molecule has 2 N–H and O–H groups in total. The molecule has 6 nitrogen and oxygen atoms in total. The summed E-state index contributed by atoms with van der Waals surface area (Å²) in [5, 5.41) is 5.94. The summed E-state index contributed by atoms with van der Waals surface area (Å²) in [6.07, 6.45) is 5.67. The highest BCUT2D eigenvalue weighted by atomic mass is 16.1. The van der Waals surface area contributed by atoms with Gasteiger partial charge in [0.15, 0.2) is 0 Å². The maximum absolute atomic E-state index is 11.9. The van der Waals surface area contributed by atoms with Crippen molar-refractivity contribution < 1.29 is 4.79 Å². The lowest BCUT2D eigenvalue weighted by atomic mass is 10.4. The van der Waals surface area contributed by atoms with Crippen LogP contribution in [0.2, 0.25) is 0 Å². The molecule has 1 fully saturated rings. The van der Waals surface area contributed by atoms with Crippen LogP contribution >= 0.6 is 0 Å². The van der Waals surface area contributed by atoms with E-state index in [1.54, 1.807) is 6.20 Å². The zero-order chi connectivity index (χ0) is 14.4.